The smallest absolute Gasteiger partial charge is 0.183 e. The van der Waals surface area contributed by atoms with Crippen molar-refractivity contribution in [1.82, 2.24) is 10.3 Å². The van der Waals surface area contributed by atoms with Crippen molar-refractivity contribution in [3.63, 3.8) is 0 Å². The molecule has 2 rings (SSSR count). The third-order valence-corrected chi connectivity index (χ3v) is 4.86. The highest BCUT2D eigenvalue weighted by Crippen LogP contribution is 2.62. The Morgan fingerprint density at radius 2 is 1.79 bits per heavy atom. The lowest BCUT2D eigenvalue weighted by Crippen LogP contribution is -2.22. The van der Waals surface area contributed by atoms with E-state index in [1.54, 1.807) is 20.4 Å². The Balaban J connectivity index is 2.09. The first kappa shape index (κ1) is 14.1. The van der Waals surface area contributed by atoms with Gasteiger partial charge in [-0.2, -0.15) is 0 Å². The zero-order valence-corrected chi connectivity index (χ0v) is 12.7. The lowest BCUT2D eigenvalue weighted by Gasteiger charge is -2.12. The van der Waals surface area contributed by atoms with Gasteiger partial charge in [-0.25, -0.2) is 0 Å². The predicted octanol–water partition coefficient (Wildman–Crippen LogP) is 2.62. The van der Waals surface area contributed by atoms with Crippen molar-refractivity contribution in [3.8, 4) is 11.5 Å². The Morgan fingerprint density at radius 3 is 2.26 bits per heavy atom. The lowest BCUT2D eigenvalue weighted by molar-refractivity contribution is 0.347. The average molecular weight is 264 g/mol. The molecule has 1 aliphatic carbocycles. The van der Waals surface area contributed by atoms with E-state index < -0.39 is 0 Å². The number of hydrogen-bond donors (Lipinski definition) is 1. The van der Waals surface area contributed by atoms with Crippen LogP contribution < -0.4 is 14.8 Å². The lowest BCUT2D eigenvalue weighted by atomic mass is 10.0. The number of nitrogens with zero attached hydrogens (tertiary/aromatic N) is 1. The third-order valence-electron chi connectivity index (χ3n) is 4.86. The molecule has 0 atom stereocenters. The fourth-order valence-electron chi connectivity index (χ4n) is 2.88. The Morgan fingerprint density at radius 1 is 1.16 bits per heavy atom. The molecule has 1 aromatic rings. The summed E-state index contributed by atoms with van der Waals surface area (Å²) in [4.78, 5) is 4.39. The molecule has 0 saturated heterocycles. The van der Waals surface area contributed by atoms with Gasteiger partial charge in [0.1, 0.15) is 0 Å². The Hall–Kier alpha value is -1.29. The van der Waals surface area contributed by atoms with E-state index in [9.17, 15) is 0 Å². The molecule has 4 heteroatoms. The maximum atomic E-state index is 5.40. The molecule has 106 valence electrons. The molecule has 19 heavy (non-hydrogen) atoms. The molecular formula is C15H24N2O2. The molecule has 0 radical (unpaired) electrons. The maximum Gasteiger partial charge on any atom is 0.183 e. The van der Waals surface area contributed by atoms with Crippen LogP contribution in [0.5, 0.6) is 11.5 Å². The first-order valence-corrected chi connectivity index (χ1v) is 6.65. The minimum absolute atomic E-state index is 0.319. The second kappa shape index (κ2) is 4.67. The zero-order chi connectivity index (χ0) is 14.3. The molecular weight excluding hydrogens is 240 g/mol. The number of pyridine rings is 1. The van der Waals surface area contributed by atoms with Crippen LogP contribution in [-0.2, 0) is 6.54 Å². The van der Waals surface area contributed by atoms with E-state index >= 15 is 0 Å². The van der Waals surface area contributed by atoms with Crippen molar-refractivity contribution in [2.75, 3.05) is 14.2 Å². The molecule has 4 nitrogen and oxygen atoms in total. The molecule has 1 fully saturated rings. The Bertz CT molecular complexity index is 455. The molecule has 1 heterocycles. The van der Waals surface area contributed by atoms with Gasteiger partial charge in [-0.1, -0.05) is 27.7 Å². The highest BCUT2D eigenvalue weighted by Gasteiger charge is 2.64. The summed E-state index contributed by atoms with van der Waals surface area (Å²) in [5.74, 6) is 1.44. The van der Waals surface area contributed by atoms with Gasteiger partial charge in [-0.3, -0.25) is 4.98 Å². The molecule has 0 bridgehead atoms. The number of nitrogens with one attached hydrogen (secondary N) is 1. The number of rotatable bonds is 5. The van der Waals surface area contributed by atoms with E-state index in [4.69, 9.17) is 9.47 Å². The van der Waals surface area contributed by atoms with Crippen molar-refractivity contribution in [2.45, 2.75) is 40.3 Å². The highest BCUT2D eigenvalue weighted by molar-refractivity contribution is 5.42. The van der Waals surface area contributed by atoms with Gasteiger partial charge in [-0.15, -0.1) is 0 Å². The summed E-state index contributed by atoms with van der Waals surface area (Å²) in [5.41, 5.74) is 1.53. The summed E-state index contributed by atoms with van der Waals surface area (Å²) in [6, 6.07) is 2.31. The standard InChI is InChI=1S/C15H24N2O2/c1-14(2)13(15(14,3)4)17-9-10-12(19-6)11(18-5)7-8-16-10/h7-8,13,17H,9H2,1-6H3. The number of hydrogen-bond acceptors (Lipinski definition) is 4. The quantitative estimate of drug-likeness (QED) is 0.888. The minimum atomic E-state index is 0.319. The van der Waals surface area contributed by atoms with Crippen LogP contribution in [0.15, 0.2) is 12.3 Å². The molecule has 1 aromatic heterocycles. The first-order valence-electron chi connectivity index (χ1n) is 6.65. The van der Waals surface area contributed by atoms with Crippen molar-refractivity contribution in [1.29, 1.82) is 0 Å². The van der Waals surface area contributed by atoms with E-state index in [2.05, 4.69) is 38.0 Å². The van der Waals surface area contributed by atoms with Crippen LogP contribution in [0.25, 0.3) is 0 Å². The number of aromatic nitrogens is 1. The highest BCUT2D eigenvalue weighted by atomic mass is 16.5. The Kier molecular flexibility index (Phi) is 3.47. The SMILES string of the molecule is COc1ccnc(CNC2C(C)(C)C2(C)C)c1OC. The summed E-state index contributed by atoms with van der Waals surface area (Å²) in [6.07, 6.45) is 1.75. The van der Waals surface area contributed by atoms with Crippen molar-refractivity contribution in [2.24, 2.45) is 10.8 Å². The van der Waals surface area contributed by atoms with Crippen LogP contribution in [0.1, 0.15) is 33.4 Å². The van der Waals surface area contributed by atoms with Crippen LogP contribution in [0.2, 0.25) is 0 Å². The van der Waals surface area contributed by atoms with Crippen LogP contribution in [-0.4, -0.2) is 25.2 Å². The normalized spacial score (nSPS) is 20.1. The molecule has 0 unspecified atom stereocenters. The molecule has 0 aliphatic heterocycles. The van der Waals surface area contributed by atoms with Gasteiger partial charge in [0.05, 0.1) is 19.9 Å². The fraction of sp³-hybridized carbons (Fsp3) is 0.667. The topological polar surface area (TPSA) is 43.4 Å². The Labute approximate surface area is 115 Å². The summed E-state index contributed by atoms with van der Waals surface area (Å²) in [6.45, 7) is 9.86. The maximum absolute atomic E-state index is 5.40. The number of ether oxygens (including phenoxy) is 2. The van der Waals surface area contributed by atoms with Crippen molar-refractivity contribution in [3.05, 3.63) is 18.0 Å². The van der Waals surface area contributed by atoms with E-state index in [0.717, 1.165) is 11.4 Å². The van der Waals surface area contributed by atoms with Gasteiger partial charge in [0.15, 0.2) is 11.5 Å². The van der Waals surface area contributed by atoms with Crippen LogP contribution in [0.3, 0.4) is 0 Å². The minimum Gasteiger partial charge on any atom is -0.493 e. The van der Waals surface area contributed by atoms with Gasteiger partial charge in [0.25, 0.3) is 0 Å². The summed E-state index contributed by atoms with van der Waals surface area (Å²) >= 11 is 0. The van der Waals surface area contributed by atoms with Crippen LogP contribution >= 0.6 is 0 Å². The van der Waals surface area contributed by atoms with Gasteiger partial charge < -0.3 is 14.8 Å². The second-order valence-electron chi connectivity index (χ2n) is 6.25. The zero-order valence-electron chi connectivity index (χ0n) is 12.7. The van der Waals surface area contributed by atoms with Crippen molar-refractivity contribution < 1.29 is 9.47 Å². The van der Waals surface area contributed by atoms with Gasteiger partial charge >= 0.3 is 0 Å². The van der Waals surface area contributed by atoms with Crippen LogP contribution in [0, 0.1) is 10.8 Å². The molecule has 1 aliphatic rings. The van der Waals surface area contributed by atoms with E-state index in [1.165, 1.54) is 0 Å². The van der Waals surface area contributed by atoms with Gasteiger partial charge in [0.2, 0.25) is 0 Å². The van der Waals surface area contributed by atoms with E-state index in [1.807, 2.05) is 6.07 Å². The van der Waals surface area contributed by atoms with Gasteiger partial charge in [0, 0.05) is 24.8 Å². The largest absolute Gasteiger partial charge is 0.493 e. The molecule has 0 spiro atoms. The summed E-state index contributed by atoms with van der Waals surface area (Å²) in [7, 11) is 3.29. The number of methoxy groups -OCH3 is 2. The first-order chi connectivity index (χ1) is 8.86. The van der Waals surface area contributed by atoms with E-state index in [0.29, 0.717) is 29.2 Å². The molecule has 0 amide bonds. The third kappa shape index (κ3) is 2.18. The summed E-state index contributed by atoms with van der Waals surface area (Å²) in [5, 5.41) is 3.58. The predicted molar refractivity (Wildman–Crippen MR) is 75.5 cm³/mol. The van der Waals surface area contributed by atoms with Gasteiger partial charge in [-0.05, 0) is 10.8 Å². The average Bonchev–Trinajstić information content (AvgIpc) is 2.76. The molecule has 0 aromatic carbocycles. The van der Waals surface area contributed by atoms with Crippen LogP contribution in [0.4, 0.5) is 0 Å². The monoisotopic (exact) mass is 264 g/mol. The summed E-state index contributed by atoms with van der Waals surface area (Å²) < 4.78 is 10.7. The fourth-order valence-corrected chi connectivity index (χ4v) is 2.88. The second-order valence-corrected chi connectivity index (χ2v) is 6.25. The molecule has 1 saturated carbocycles. The van der Waals surface area contributed by atoms with E-state index in [-0.39, 0.29) is 0 Å². The van der Waals surface area contributed by atoms with Crippen molar-refractivity contribution >= 4 is 0 Å². The molecule has 1 N–H and O–H groups in total.